The number of nitrogens with zero attached hydrogens (tertiary/aromatic N) is 3. The Kier molecular flexibility index (Phi) is 5.96. The second-order valence-electron chi connectivity index (χ2n) is 8.27. The fourth-order valence-electron chi connectivity index (χ4n) is 4.01. The Morgan fingerprint density at radius 2 is 1.49 bits per heavy atom. The lowest BCUT2D eigenvalue weighted by molar-refractivity contribution is 0.102. The van der Waals surface area contributed by atoms with Crippen molar-refractivity contribution < 1.29 is 15.0 Å². The van der Waals surface area contributed by atoms with Crippen molar-refractivity contribution in [2.45, 2.75) is 19.0 Å². The number of aromatic nitrogens is 4. The molecule has 0 radical (unpaired) electrons. The molecule has 0 bridgehead atoms. The third-order valence-electron chi connectivity index (χ3n) is 5.70. The summed E-state index contributed by atoms with van der Waals surface area (Å²) in [7, 11) is 0. The highest BCUT2D eigenvalue weighted by atomic mass is 32.2. The van der Waals surface area contributed by atoms with Crippen LogP contribution in [0, 0.1) is 13.8 Å². The number of hydrogen-bond donors (Lipinski definition) is 3. The van der Waals surface area contributed by atoms with Gasteiger partial charge in [0.15, 0.2) is 5.78 Å². The van der Waals surface area contributed by atoms with E-state index in [0.717, 1.165) is 33.3 Å². The molecule has 0 unspecified atom stereocenters. The molecule has 5 rings (SSSR count). The molecule has 0 atom stereocenters. The van der Waals surface area contributed by atoms with Crippen LogP contribution in [-0.4, -0.2) is 41.9 Å². The van der Waals surface area contributed by atoms with Gasteiger partial charge in [-0.25, -0.2) is 4.98 Å². The highest BCUT2D eigenvalue weighted by molar-refractivity contribution is 7.99. The van der Waals surface area contributed by atoms with Crippen molar-refractivity contribution >= 4 is 28.4 Å². The zero-order valence-electron chi connectivity index (χ0n) is 19.1. The van der Waals surface area contributed by atoms with Gasteiger partial charge in [-0.3, -0.25) is 4.79 Å². The molecule has 8 heteroatoms. The number of carbonyl (C=O) groups excluding carboxylic acids is 1. The SMILES string of the molecule is Cc1ccc2c(C(=O)CSc3nnc(-c4ccc(O)cc4)c(-c4ccc(O)cc4)n3)c(C)[nH]c2c1. The first-order valence-corrected chi connectivity index (χ1v) is 12.0. The zero-order valence-corrected chi connectivity index (χ0v) is 19.9. The van der Waals surface area contributed by atoms with Crippen molar-refractivity contribution in [3.05, 3.63) is 83.6 Å². The molecule has 0 fully saturated rings. The van der Waals surface area contributed by atoms with Gasteiger partial charge in [0.05, 0.1) is 5.75 Å². The number of ketones is 1. The third kappa shape index (κ3) is 4.61. The summed E-state index contributed by atoms with van der Waals surface area (Å²) in [4.78, 5) is 21.1. The number of fused-ring (bicyclic) bond motifs is 1. The number of H-pyrrole nitrogens is 1. The average Bonchev–Trinajstić information content (AvgIpc) is 3.18. The summed E-state index contributed by atoms with van der Waals surface area (Å²) in [5.41, 5.74) is 6.18. The smallest absolute Gasteiger partial charge is 0.210 e. The van der Waals surface area contributed by atoms with Crippen LogP contribution < -0.4 is 0 Å². The number of thioether (sulfide) groups is 1. The maximum absolute atomic E-state index is 13.1. The van der Waals surface area contributed by atoms with E-state index in [9.17, 15) is 15.0 Å². The normalized spacial score (nSPS) is 11.1. The molecule has 0 spiro atoms. The molecule has 174 valence electrons. The predicted molar refractivity (Wildman–Crippen MR) is 137 cm³/mol. The first-order chi connectivity index (χ1) is 16.9. The molecule has 0 aliphatic carbocycles. The van der Waals surface area contributed by atoms with Crippen LogP contribution in [0.15, 0.2) is 71.9 Å². The van der Waals surface area contributed by atoms with Crippen LogP contribution in [0.2, 0.25) is 0 Å². The number of Topliss-reactive ketones (excluding diaryl/α,β-unsaturated/α-hetero) is 1. The first-order valence-electron chi connectivity index (χ1n) is 11.0. The number of nitrogens with one attached hydrogen (secondary N) is 1. The fraction of sp³-hybridized carbons (Fsp3) is 0.111. The van der Waals surface area contributed by atoms with E-state index in [1.807, 2.05) is 32.0 Å². The van der Waals surface area contributed by atoms with Crippen molar-refractivity contribution in [1.82, 2.24) is 20.2 Å². The summed E-state index contributed by atoms with van der Waals surface area (Å²) in [6, 6.07) is 19.3. The van der Waals surface area contributed by atoms with Crippen LogP contribution in [0.1, 0.15) is 21.6 Å². The highest BCUT2D eigenvalue weighted by Gasteiger charge is 2.19. The lowest BCUT2D eigenvalue weighted by Gasteiger charge is -2.10. The number of aryl methyl sites for hydroxylation is 2. The Bertz CT molecular complexity index is 1540. The van der Waals surface area contributed by atoms with Crippen LogP contribution >= 0.6 is 11.8 Å². The van der Waals surface area contributed by atoms with Crippen molar-refractivity contribution in [3.63, 3.8) is 0 Å². The second kappa shape index (κ2) is 9.23. The Morgan fingerprint density at radius 3 is 2.14 bits per heavy atom. The molecule has 0 aliphatic heterocycles. The van der Waals surface area contributed by atoms with Crippen molar-refractivity contribution in [2.24, 2.45) is 0 Å². The van der Waals surface area contributed by atoms with E-state index in [0.29, 0.717) is 22.1 Å². The molecular weight excluding hydrogens is 460 g/mol. The van der Waals surface area contributed by atoms with Gasteiger partial charge in [-0.2, -0.15) is 0 Å². The minimum Gasteiger partial charge on any atom is -0.508 e. The van der Waals surface area contributed by atoms with Crippen LogP contribution in [0.4, 0.5) is 0 Å². The molecule has 2 heterocycles. The number of benzene rings is 3. The van der Waals surface area contributed by atoms with Gasteiger partial charge in [0, 0.05) is 33.3 Å². The van der Waals surface area contributed by atoms with Gasteiger partial charge in [0.1, 0.15) is 22.9 Å². The number of carbonyl (C=O) groups is 1. The van der Waals surface area contributed by atoms with Gasteiger partial charge < -0.3 is 15.2 Å². The van der Waals surface area contributed by atoms with E-state index in [-0.39, 0.29) is 23.0 Å². The monoisotopic (exact) mass is 482 g/mol. The van der Waals surface area contributed by atoms with Crippen molar-refractivity contribution in [1.29, 1.82) is 0 Å². The fourth-order valence-corrected chi connectivity index (χ4v) is 4.67. The summed E-state index contributed by atoms with van der Waals surface area (Å²) < 4.78 is 0. The molecule has 0 saturated carbocycles. The standard InChI is InChI=1S/C27H22N4O3S/c1-15-3-12-21-22(13-15)28-16(2)24(21)23(34)14-35-27-29-25(17-4-8-19(32)9-5-17)26(30-31-27)18-6-10-20(33)11-7-18/h3-13,28,32-33H,14H2,1-2H3. The van der Waals surface area contributed by atoms with Gasteiger partial charge in [-0.15, -0.1) is 10.2 Å². The predicted octanol–water partition coefficient (Wildman–Crippen LogP) is 5.69. The lowest BCUT2D eigenvalue weighted by atomic mass is 10.0. The summed E-state index contributed by atoms with van der Waals surface area (Å²) in [6.45, 7) is 3.92. The number of phenols is 2. The number of hydrogen-bond acceptors (Lipinski definition) is 7. The highest BCUT2D eigenvalue weighted by Crippen LogP contribution is 2.32. The summed E-state index contributed by atoms with van der Waals surface area (Å²) in [5.74, 6) is 0.442. The Labute approximate surface area is 205 Å². The Hall–Kier alpha value is -4.17. The summed E-state index contributed by atoms with van der Waals surface area (Å²) in [5, 5.41) is 29.3. The first kappa shape index (κ1) is 22.6. The van der Waals surface area contributed by atoms with Crippen LogP contribution in [0.5, 0.6) is 11.5 Å². The average molecular weight is 483 g/mol. The quantitative estimate of drug-likeness (QED) is 0.210. The number of phenolic OH excluding ortho intramolecular Hbond substituents is 2. The van der Waals surface area contributed by atoms with E-state index in [1.54, 1.807) is 48.5 Å². The van der Waals surface area contributed by atoms with Gasteiger partial charge in [0.2, 0.25) is 5.16 Å². The summed E-state index contributed by atoms with van der Waals surface area (Å²) >= 11 is 1.23. The number of rotatable bonds is 6. The topological polar surface area (TPSA) is 112 Å². The molecule has 0 saturated heterocycles. The molecule has 0 amide bonds. The van der Waals surface area contributed by atoms with E-state index in [1.165, 1.54) is 11.8 Å². The molecule has 7 nitrogen and oxygen atoms in total. The van der Waals surface area contributed by atoms with Gasteiger partial charge in [-0.1, -0.05) is 23.9 Å². The van der Waals surface area contributed by atoms with Crippen LogP contribution in [0.25, 0.3) is 33.4 Å². The summed E-state index contributed by atoms with van der Waals surface area (Å²) in [6.07, 6.45) is 0. The minimum atomic E-state index is -0.0139. The molecule has 0 aliphatic rings. The molecule has 5 aromatic rings. The molecular formula is C27H22N4O3S. The third-order valence-corrected chi connectivity index (χ3v) is 6.54. The van der Waals surface area contributed by atoms with E-state index >= 15 is 0 Å². The molecule has 3 aromatic carbocycles. The number of aromatic amines is 1. The lowest BCUT2D eigenvalue weighted by Crippen LogP contribution is -2.06. The van der Waals surface area contributed by atoms with E-state index < -0.39 is 0 Å². The van der Waals surface area contributed by atoms with Gasteiger partial charge in [0.25, 0.3) is 0 Å². The molecule has 2 aromatic heterocycles. The van der Waals surface area contributed by atoms with Crippen LogP contribution in [-0.2, 0) is 0 Å². The zero-order chi connectivity index (χ0) is 24.5. The second-order valence-corrected chi connectivity index (χ2v) is 9.21. The van der Waals surface area contributed by atoms with Crippen molar-refractivity contribution in [3.8, 4) is 34.0 Å². The number of aromatic hydroxyl groups is 2. The van der Waals surface area contributed by atoms with E-state index in [4.69, 9.17) is 4.98 Å². The Morgan fingerprint density at radius 1 is 0.857 bits per heavy atom. The van der Waals surface area contributed by atoms with Gasteiger partial charge in [-0.05, 0) is 74.0 Å². The van der Waals surface area contributed by atoms with Crippen LogP contribution in [0.3, 0.4) is 0 Å². The van der Waals surface area contributed by atoms with E-state index in [2.05, 4.69) is 15.2 Å². The van der Waals surface area contributed by atoms with Gasteiger partial charge >= 0.3 is 0 Å². The maximum Gasteiger partial charge on any atom is 0.210 e. The van der Waals surface area contributed by atoms with Crippen molar-refractivity contribution in [2.75, 3.05) is 5.75 Å². The molecule has 35 heavy (non-hydrogen) atoms. The Balaban J connectivity index is 1.46. The largest absolute Gasteiger partial charge is 0.508 e. The maximum atomic E-state index is 13.1. The minimum absolute atomic E-state index is 0.0139. The molecule has 3 N–H and O–H groups in total.